The Balaban J connectivity index is 1.71. The van der Waals surface area contributed by atoms with Gasteiger partial charge >= 0.3 is 5.97 Å². The van der Waals surface area contributed by atoms with E-state index in [1.807, 2.05) is 18.4 Å². The standard InChI is InChI=1S/C18H21N7O2/c1-3-25-16(12-7-19-10(2)20-8-12)24-14-15(21-9-22-17(14)25)23-13-5-4-11(6-13)18(26)27/h7-9,11,13H,3-6H2,1-2H3,(H,26,27)(H,21,22,23)/t11-,13-/m0/s1. The Hall–Kier alpha value is -3.10. The molecule has 1 fully saturated rings. The van der Waals surface area contributed by atoms with E-state index in [0.717, 1.165) is 23.5 Å². The van der Waals surface area contributed by atoms with Crippen molar-refractivity contribution in [2.24, 2.45) is 5.92 Å². The Kier molecular flexibility index (Phi) is 4.43. The average Bonchev–Trinajstić information content (AvgIpc) is 3.27. The van der Waals surface area contributed by atoms with E-state index in [-0.39, 0.29) is 12.0 Å². The molecular formula is C18H21N7O2. The molecule has 140 valence electrons. The highest BCUT2D eigenvalue weighted by atomic mass is 16.4. The van der Waals surface area contributed by atoms with Crippen molar-refractivity contribution in [3.8, 4) is 11.4 Å². The first-order valence-corrected chi connectivity index (χ1v) is 9.06. The molecule has 3 heterocycles. The molecule has 0 saturated heterocycles. The van der Waals surface area contributed by atoms with Gasteiger partial charge < -0.3 is 15.0 Å². The number of hydrogen-bond donors (Lipinski definition) is 2. The van der Waals surface area contributed by atoms with Crippen LogP contribution in [0.25, 0.3) is 22.6 Å². The SMILES string of the molecule is CCn1c(-c2cnc(C)nc2)nc2c(N[C@H]3CC[C@H](C(=O)O)C3)ncnc21. The summed E-state index contributed by atoms with van der Waals surface area (Å²) in [5, 5.41) is 12.6. The molecular weight excluding hydrogens is 346 g/mol. The topological polar surface area (TPSA) is 119 Å². The third kappa shape index (κ3) is 3.20. The molecule has 2 N–H and O–H groups in total. The number of anilines is 1. The van der Waals surface area contributed by atoms with Crippen molar-refractivity contribution in [1.29, 1.82) is 0 Å². The van der Waals surface area contributed by atoms with Gasteiger partial charge in [0.25, 0.3) is 0 Å². The zero-order chi connectivity index (χ0) is 19.0. The molecule has 3 aromatic rings. The van der Waals surface area contributed by atoms with Gasteiger partial charge in [0.2, 0.25) is 0 Å². The minimum absolute atomic E-state index is 0.0714. The number of imidazole rings is 1. The molecule has 0 amide bonds. The number of rotatable bonds is 5. The number of aromatic nitrogens is 6. The highest BCUT2D eigenvalue weighted by molar-refractivity contribution is 5.86. The molecule has 27 heavy (non-hydrogen) atoms. The van der Waals surface area contributed by atoms with Crippen LogP contribution in [-0.2, 0) is 11.3 Å². The minimum atomic E-state index is -0.732. The Morgan fingerprint density at radius 1 is 1.26 bits per heavy atom. The van der Waals surface area contributed by atoms with Crippen molar-refractivity contribution in [2.45, 2.75) is 45.7 Å². The van der Waals surface area contributed by atoms with Gasteiger partial charge in [-0.2, -0.15) is 0 Å². The Bertz CT molecular complexity index is 983. The summed E-state index contributed by atoms with van der Waals surface area (Å²) in [7, 11) is 0. The van der Waals surface area contributed by atoms with E-state index in [1.165, 1.54) is 6.33 Å². The van der Waals surface area contributed by atoms with Crippen LogP contribution in [0.15, 0.2) is 18.7 Å². The molecule has 0 spiro atoms. The Morgan fingerprint density at radius 3 is 2.70 bits per heavy atom. The van der Waals surface area contributed by atoms with Gasteiger partial charge in [-0.25, -0.2) is 24.9 Å². The van der Waals surface area contributed by atoms with E-state index in [0.29, 0.717) is 36.5 Å². The lowest BCUT2D eigenvalue weighted by Gasteiger charge is -2.13. The summed E-state index contributed by atoms with van der Waals surface area (Å²) in [6.07, 6.45) is 7.09. The fourth-order valence-electron chi connectivity index (χ4n) is 3.60. The lowest BCUT2D eigenvalue weighted by Crippen LogP contribution is -2.18. The van der Waals surface area contributed by atoms with Gasteiger partial charge in [0.15, 0.2) is 17.0 Å². The molecule has 1 aliphatic carbocycles. The molecule has 3 aromatic heterocycles. The highest BCUT2D eigenvalue weighted by Gasteiger charge is 2.30. The molecule has 0 bridgehead atoms. The smallest absolute Gasteiger partial charge is 0.306 e. The van der Waals surface area contributed by atoms with Gasteiger partial charge in [-0.1, -0.05) is 0 Å². The first kappa shape index (κ1) is 17.3. The number of aryl methyl sites for hydroxylation is 2. The van der Waals surface area contributed by atoms with Crippen molar-refractivity contribution < 1.29 is 9.90 Å². The van der Waals surface area contributed by atoms with E-state index >= 15 is 0 Å². The normalized spacial score (nSPS) is 19.5. The van der Waals surface area contributed by atoms with Crippen LogP contribution in [0.4, 0.5) is 5.82 Å². The molecule has 4 rings (SSSR count). The second kappa shape index (κ2) is 6.90. The van der Waals surface area contributed by atoms with Crippen LogP contribution in [0.5, 0.6) is 0 Å². The number of fused-ring (bicyclic) bond motifs is 1. The van der Waals surface area contributed by atoms with Crippen LogP contribution < -0.4 is 5.32 Å². The largest absolute Gasteiger partial charge is 0.481 e. The summed E-state index contributed by atoms with van der Waals surface area (Å²) in [6.45, 7) is 4.57. The molecule has 1 aliphatic rings. The van der Waals surface area contributed by atoms with E-state index in [9.17, 15) is 9.90 Å². The molecule has 0 unspecified atom stereocenters. The van der Waals surface area contributed by atoms with Crippen LogP contribution in [-0.4, -0.2) is 46.6 Å². The van der Waals surface area contributed by atoms with Gasteiger partial charge in [-0.05, 0) is 33.1 Å². The average molecular weight is 367 g/mol. The minimum Gasteiger partial charge on any atom is -0.481 e. The number of carbonyl (C=O) groups is 1. The monoisotopic (exact) mass is 367 g/mol. The number of nitrogens with zero attached hydrogens (tertiary/aromatic N) is 6. The van der Waals surface area contributed by atoms with Crippen molar-refractivity contribution in [3.63, 3.8) is 0 Å². The summed E-state index contributed by atoms with van der Waals surface area (Å²) < 4.78 is 2.00. The molecule has 0 radical (unpaired) electrons. The van der Waals surface area contributed by atoms with Gasteiger partial charge in [0, 0.05) is 25.0 Å². The first-order chi connectivity index (χ1) is 13.1. The molecule has 9 heteroatoms. The highest BCUT2D eigenvalue weighted by Crippen LogP contribution is 2.31. The van der Waals surface area contributed by atoms with E-state index in [4.69, 9.17) is 4.98 Å². The summed E-state index contributed by atoms with van der Waals surface area (Å²) in [5.41, 5.74) is 2.23. The quantitative estimate of drug-likeness (QED) is 0.705. The lowest BCUT2D eigenvalue weighted by molar-refractivity contribution is -0.141. The third-order valence-corrected chi connectivity index (χ3v) is 5.01. The van der Waals surface area contributed by atoms with Gasteiger partial charge in [0.05, 0.1) is 11.5 Å². The zero-order valence-corrected chi connectivity index (χ0v) is 15.3. The lowest BCUT2D eigenvalue weighted by atomic mass is 10.1. The summed E-state index contributed by atoms with van der Waals surface area (Å²) >= 11 is 0. The number of hydrogen-bond acceptors (Lipinski definition) is 7. The van der Waals surface area contributed by atoms with Crippen LogP contribution in [0.1, 0.15) is 32.0 Å². The number of nitrogens with one attached hydrogen (secondary N) is 1. The maximum Gasteiger partial charge on any atom is 0.306 e. The number of carboxylic acids is 1. The summed E-state index contributed by atoms with van der Waals surface area (Å²) in [5.74, 6) is 1.05. The van der Waals surface area contributed by atoms with Crippen molar-refractivity contribution >= 4 is 23.0 Å². The maximum atomic E-state index is 11.2. The van der Waals surface area contributed by atoms with Gasteiger partial charge in [0.1, 0.15) is 18.0 Å². The second-order valence-corrected chi connectivity index (χ2v) is 6.78. The van der Waals surface area contributed by atoms with Gasteiger partial charge in [-0.15, -0.1) is 0 Å². The van der Waals surface area contributed by atoms with Crippen LogP contribution in [0, 0.1) is 12.8 Å². The summed E-state index contributed by atoms with van der Waals surface area (Å²) in [6, 6.07) is 0.0714. The Morgan fingerprint density at radius 2 is 2.04 bits per heavy atom. The predicted octanol–water partition coefficient (Wildman–Crippen LogP) is 2.28. The van der Waals surface area contributed by atoms with Crippen LogP contribution in [0.3, 0.4) is 0 Å². The fourth-order valence-corrected chi connectivity index (χ4v) is 3.60. The van der Waals surface area contributed by atoms with Crippen molar-refractivity contribution in [3.05, 3.63) is 24.5 Å². The maximum absolute atomic E-state index is 11.2. The van der Waals surface area contributed by atoms with Gasteiger partial charge in [-0.3, -0.25) is 4.79 Å². The second-order valence-electron chi connectivity index (χ2n) is 6.78. The predicted molar refractivity (Wildman–Crippen MR) is 99.1 cm³/mol. The Labute approximate surface area is 155 Å². The van der Waals surface area contributed by atoms with Crippen molar-refractivity contribution in [1.82, 2.24) is 29.5 Å². The molecule has 2 atom stereocenters. The molecule has 9 nitrogen and oxygen atoms in total. The zero-order valence-electron chi connectivity index (χ0n) is 15.3. The van der Waals surface area contributed by atoms with Crippen molar-refractivity contribution in [2.75, 3.05) is 5.32 Å². The summed E-state index contributed by atoms with van der Waals surface area (Å²) in [4.78, 5) is 33.2. The van der Waals surface area contributed by atoms with E-state index in [2.05, 4.69) is 25.3 Å². The van der Waals surface area contributed by atoms with E-state index in [1.54, 1.807) is 12.4 Å². The first-order valence-electron chi connectivity index (χ1n) is 9.06. The number of carboxylic acid groups (broad SMARTS) is 1. The van der Waals surface area contributed by atoms with Crippen LogP contribution >= 0.6 is 0 Å². The molecule has 0 aromatic carbocycles. The van der Waals surface area contributed by atoms with Crippen LogP contribution in [0.2, 0.25) is 0 Å². The third-order valence-electron chi connectivity index (χ3n) is 5.01. The fraction of sp³-hybridized carbons (Fsp3) is 0.444. The number of aliphatic carboxylic acids is 1. The molecule has 0 aliphatic heterocycles. The van der Waals surface area contributed by atoms with E-state index < -0.39 is 5.97 Å². The molecule has 1 saturated carbocycles.